The molecule has 108 valence electrons. The summed E-state index contributed by atoms with van der Waals surface area (Å²) in [6, 6.07) is 3.29. The number of hydroxylamine groups is 2. The molecule has 0 saturated heterocycles. The molecule has 0 amide bonds. The number of nitrogens with one attached hydrogen (secondary N) is 1. The Morgan fingerprint density at radius 1 is 1.40 bits per heavy atom. The number of hydrogen-bond donors (Lipinski definition) is 3. The third-order valence-corrected chi connectivity index (χ3v) is 4.40. The summed E-state index contributed by atoms with van der Waals surface area (Å²) in [5, 5.41) is 29.3. The molecule has 3 N–H and O–H groups in total. The monoisotopic (exact) mass is 276 g/mol. The first kappa shape index (κ1) is 13.2. The van der Waals surface area contributed by atoms with Gasteiger partial charge in [-0.1, -0.05) is 13.3 Å². The molecule has 2 aliphatic rings. The molecule has 1 heterocycles. The summed E-state index contributed by atoms with van der Waals surface area (Å²) < 4.78 is 5.83. The zero-order valence-electron chi connectivity index (χ0n) is 11.6. The highest BCUT2D eigenvalue weighted by Crippen LogP contribution is 2.56. The molecule has 1 aliphatic carbocycles. The number of phenolic OH excluding ortho intramolecular Hbond substituents is 1. The normalized spacial score (nSPS) is 19.1. The number of unbranched alkanes of at least 4 members (excludes halogenated alkanes) is 1. The molecule has 1 spiro atoms. The van der Waals surface area contributed by atoms with E-state index in [1.165, 1.54) is 0 Å². The summed E-state index contributed by atoms with van der Waals surface area (Å²) in [6.07, 6.45) is 4.59. The lowest BCUT2D eigenvalue weighted by Crippen LogP contribution is -2.46. The van der Waals surface area contributed by atoms with Crippen LogP contribution in [0.2, 0.25) is 0 Å². The van der Waals surface area contributed by atoms with Crippen LogP contribution in [0.3, 0.4) is 0 Å². The number of benzene rings is 1. The largest absolute Gasteiger partial charge is 0.507 e. The second-order valence-corrected chi connectivity index (χ2v) is 5.58. The average Bonchev–Trinajstić information content (AvgIpc) is 2.63. The quantitative estimate of drug-likeness (QED) is 0.739. The van der Waals surface area contributed by atoms with Crippen LogP contribution in [0.25, 0.3) is 0 Å². The van der Waals surface area contributed by atoms with Crippen LogP contribution in [0.4, 0.5) is 0 Å². The Labute approximate surface area is 118 Å². The van der Waals surface area contributed by atoms with E-state index in [0.29, 0.717) is 17.9 Å². The molecule has 0 bridgehead atoms. The summed E-state index contributed by atoms with van der Waals surface area (Å²) in [5.74, 6) is 0.695. The van der Waals surface area contributed by atoms with Crippen LogP contribution >= 0.6 is 0 Å². The highest BCUT2D eigenvalue weighted by Gasteiger charge is 2.54. The minimum atomic E-state index is -0.563. The Hall–Kier alpha value is -1.75. The summed E-state index contributed by atoms with van der Waals surface area (Å²) >= 11 is 0. The van der Waals surface area contributed by atoms with Gasteiger partial charge in [0.2, 0.25) is 0 Å². The fourth-order valence-electron chi connectivity index (χ4n) is 3.12. The molecule has 0 unspecified atom stereocenters. The molecule has 5 heteroatoms. The summed E-state index contributed by atoms with van der Waals surface area (Å²) in [5.41, 5.74) is 0.640. The summed E-state index contributed by atoms with van der Waals surface area (Å²) in [7, 11) is 0. The minimum Gasteiger partial charge on any atom is -0.507 e. The molecule has 3 rings (SSSR count). The number of ether oxygens (including phenoxy) is 1. The van der Waals surface area contributed by atoms with Gasteiger partial charge in [-0.25, -0.2) is 5.06 Å². The van der Waals surface area contributed by atoms with Crippen LogP contribution in [-0.4, -0.2) is 27.8 Å². The van der Waals surface area contributed by atoms with Crippen LogP contribution in [0.1, 0.15) is 50.2 Å². The van der Waals surface area contributed by atoms with E-state index >= 15 is 0 Å². The molecule has 0 aromatic heterocycles. The van der Waals surface area contributed by atoms with E-state index in [0.717, 1.165) is 42.7 Å². The average molecular weight is 276 g/mol. The lowest BCUT2D eigenvalue weighted by Gasteiger charge is -2.43. The van der Waals surface area contributed by atoms with Gasteiger partial charge < -0.3 is 9.84 Å². The maximum absolute atomic E-state index is 10.3. The van der Waals surface area contributed by atoms with Crippen LogP contribution < -0.4 is 4.74 Å². The predicted octanol–water partition coefficient (Wildman–Crippen LogP) is 2.98. The zero-order chi connectivity index (χ0) is 14.3. The van der Waals surface area contributed by atoms with Crippen LogP contribution in [0, 0.1) is 5.41 Å². The number of amidine groups is 1. The van der Waals surface area contributed by atoms with Crippen molar-refractivity contribution >= 4 is 5.84 Å². The Balaban J connectivity index is 2.05. The van der Waals surface area contributed by atoms with Gasteiger partial charge in [-0.3, -0.25) is 10.6 Å². The molecule has 1 saturated carbocycles. The molecular formula is C15H20N2O3. The number of fused-ring (bicyclic) bond motifs is 2. The van der Waals surface area contributed by atoms with Crippen molar-refractivity contribution in [3.05, 3.63) is 23.3 Å². The Kier molecular flexibility index (Phi) is 3.09. The number of hydrogen-bond acceptors (Lipinski definition) is 4. The van der Waals surface area contributed by atoms with Gasteiger partial charge in [-0.05, 0) is 37.8 Å². The van der Waals surface area contributed by atoms with Crippen molar-refractivity contribution in [2.45, 2.75) is 44.6 Å². The van der Waals surface area contributed by atoms with E-state index in [1.54, 1.807) is 12.1 Å². The zero-order valence-corrected chi connectivity index (χ0v) is 11.6. The highest BCUT2D eigenvalue weighted by atomic mass is 16.5. The fourth-order valence-corrected chi connectivity index (χ4v) is 3.12. The van der Waals surface area contributed by atoms with Gasteiger partial charge in [0.1, 0.15) is 11.5 Å². The molecule has 1 aliphatic heterocycles. The Morgan fingerprint density at radius 3 is 2.75 bits per heavy atom. The van der Waals surface area contributed by atoms with Gasteiger partial charge in [0.25, 0.3) is 0 Å². The van der Waals surface area contributed by atoms with Crippen molar-refractivity contribution in [3.8, 4) is 11.5 Å². The lowest BCUT2D eigenvalue weighted by atomic mass is 9.72. The maximum atomic E-state index is 10.3. The van der Waals surface area contributed by atoms with Gasteiger partial charge in [0.15, 0.2) is 5.84 Å². The van der Waals surface area contributed by atoms with Gasteiger partial charge in [-0.15, -0.1) is 0 Å². The van der Waals surface area contributed by atoms with E-state index in [4.69, 9.17) is 10.1 Å². The van der Waals surface area contributed by atoms with Gasteiger partial charge in [0.05, 0.1) is 17.7 Å². The Morgan fingerprint density at radius 2 is 2.15 bits per heavy atom. The van der Waals surface area contributed by atoms with Crippen molar-refractivity contribution in [1.29, 1.82) is 5.41 Å². The first-order valence-corrected chi connectivity index (χ1v) is 7.19. The third kappa shape index (κ3) is 1.62. The van der Waals surface area contributed by atoms with Crippen molar-refractivity contribution in [1.82, 2.24) is 5.06 Å². The van der Waals surface area contributed by atoms with Crippen molar-refractivity contribution in [2.75, 3.05) is 6.61 Å². The predicted molar refractivity (Wildman–Crippen MR) is 74.5 cm³/mol. The van der Waals surface area contributed by atoms with Crippen LogP contribution in [0.5, 0.6) is 11.5 Å². The van der Waals surface area contributed by atoms with Crippen molar-refractivity contribution in [3.63, 3.8) is 0 Å². The standard InChI is InChI=1S/C15H20N2O3/c1-2-3-9-20-11-6-5-10(18)12-13(11)15(7-4-8-15)17(19)14(12)16/h5-6,16,18-19H,2-4,7-9H2,1H3. The number of rotatable bonds is 4. The molecule has 1 fully saturated rings. The molecule has 20 heavy (non-hydrogen) atoms. The van der Waals surface area contributed by atoms with Gasteiger partial charge in [-0.2, -0.15) is 0 Å². The van der Waals surface area contributed by atoms with E-state index in [-0.39, 0.29) is 11.6 Å². The van der Waals surface area contributed by atoms with Crippen LogP contribution in [0.15, 0.2) is 12.1 Å². The van der Waals surface area contributed by atoms with E-state index in [2.05, 4.69) is 6.92 Å². The summed E-state index contributed by atoms with van der Waals surface area (Å²) in [6.45, 7) is 2.71. The van der Waals surface area contributed by atoms with Crippen LogP contribution in [-0.2, 0) is 5.54 Å². The van der Waals surface area contributed by atoms with E-state index < -0.39 is 5.54 Å². The van der Waals surface area contributed by atoms with Gasteiger partial charge >= 0.3 is 0 Å². The van der Waals surface area contributed by atoms with E-state index in [9.17, 15) is 10.3 Å². The smallest absolute Gasteiger partial charge is 0.157 e. The third-order valence-electron chi connectivity index (χ3n) is 4.40. The minimum absolute atomic E-state index is 0.0295. The molecule has 0 radical (unpaired) electrons. The second kappa shape index (κ2) is 4.66. The number of phenols is 1. The number of aromatic hydroxyl groups is 1. The molecule has 5 nitrogen and oxygen atoms in total. The van der Waals surface area contributed by atoms with Crippen molar-refractivity contribution in [2.24, 2.45) is 0 Å². The maximum Gasteiger partial charge on any atom is 0.157 e. The van der Waals surface area contributed by atoms with Gasteiger partial charge in [0, 0.05) is 5.56 Å². The first-order valence-electron chi connectivity index (χ1n) is 7.19. The molecular weight excluding hydrogens is 256 g/mol. The molecule has 1 aromatic rings. The first-order chi connectivity index (χ1) is 9.62. The molecule has 0 atom stereocenters. The molecule has 1 aromatic carbocycles. The number of nitrogens with zero attached hydrogens (tertiary/aromatic N) is 1. The highest BCUT2D eigenvalue weighted by molar-refractivity contribution is 6.04. The summed E-state index contributed by atoms with van der Waals surface area (Å²) in [4.78, 5) is 0. The fraction of sp³-hybridized carbons (Fsp3) is 0.533. The Bertz CT molecular complexity index is 552. The SMILES string of the molecule is CCCCOc1ccc(O)c2c1C1(CCC1)N(O)C2=N. The lowest BCUT2D eigenvalue weighted by molar-refractivity contribution is -0.138. The second-order valence-electron chi connectivity index (χ2n) is 5.58. The van der Waals surface area contributed by atoms with Crippen molar-refractivity contribution < 1.29 is 15.1 Å². The topological polar surface area (TPSA) is 76.8 Å². The van der Waals surface area contributed by atoms with E-state index in [1.807, 2.05) is 0 Å².